The van der Waals surface area contributed by atoms with Gasteiger partial charge in [-0.25, -0.2) is 4.39 Å². The number of amides is 1. The van der Waals surface area contributed by atoms with Crippen molar-refractivity contribution in [2.75, 3.05) is 0 Å². The summed E-state index contributed by atoms with van der Waals surface area (Å²) in [5, 5.41) is 11.4. The predicted molar refractivity (Wildman–Crippen MR) is 60.3 cm³/mol. The van der Waals surface area contributed by atoms with Crippen molar-refractivity contribution >= 4 is 11.9 Å². The first-order chi connectivity index (χ1) is 8.56. The zero-order valence-corrected chi connectivity index (χ0v) is 9.34. The number of rotatable bonds is 3. The molecule has 0 radical (unpaired) electrons. The molecule has 2 N–H and O–H groups in total. The van der Waals surface area contributed by atoms with E-state index < -0.39 is 23.6 Å². The molecule has 0 aromatic carbocycles. The molecule has 2 unspecified atom stereocenters. The lowest BCUT2D eigenvalue weighted by molar-refractivity contribution is -0.140. The quantitative estimate of drug-likeness (QED) is 0.784. The van der Waals surface area contributed by atoms with Crippen molar-refractivity contribution < 1.29 is 19.1 Å². The molecule has 0 saturated carbocycles. The van der Waals surface area contributed by atoms with Crippen LogP contribution in [0.25, 0.3) is 0 Å². The van der Waals surface area contributed by atoms with Gasteiger partial charge in [-0.1, -0.05) is 12.2 Å². The molecule has 0 saturated heterocycles. The van der Waals surface area contributed by atoms with Crippen molar-refractivity contribution in [3.63, 3.8) is 0 Å². The Balaban J connectivity index is 1.97. The lowest BCUT2D eigenvalue weighted by Crippen LogP contribution is -2.33. The van der Waals surface area contributed by atoms with Gasteiger partial charge in [0, 0.05) is 12.2 Å². The van der Waals surface area contributed by atoms with Gasteiger partial charge in [-0.05, 0) is 12.5 Å². The van der Waals surface area contributed by atoms with E-state index in [1.807, 2.05) is 0 Å². The topological polar surface area (TPSA) is 79.3 Å². The number of halogens is 1. The van der Waals surface area contributed by atoms with Crippen molar-refractivity contribution in [1.82, 2.24) is 10.3 Å². The number of pyridine rings is 1. The van der Waals surface area contributed by atoms with Crippen LogP contribution in [0, 0.1) is 11.7 Å². The molecule has 0 aliphatic heterocycles. The van der Waals surface area contributed by atoms with Crippen LogP contribution in [0.4, 0.5) is 4.39 Å². The van der Waals surface area contributed by atoms with Gasteiger partial charge in [0.1, 0.15) is 5.82 Å². The number of carboxylic acids is 1. The highest BCUT2D eigenvalue weighted by Gasteiger charge is 2.25. The molecular weight excluding hydrogens is 239 g/mol. The first kappa shape index (κ1) is 12.2. The molecule has 18 heavy (non-hydrogen) atoms. The third kappa shape index (κ3) is 2.71. The summed E-state index contributed by atoms with van der Waals surface area (Å²) in [6.45, 7) is 0. The van der Waals surface area contributed by atoms with Gasteiger partial charge in [-0.2, -0.15) is 0 Å². The third-order valence-corrected chi connectivity index (χ3v) is 2.68. The minimum absolute atomic E-state index is 0.113. The molecule has 5 nitrogen and oxygen atoms in total. The summed E-state index contributed by atoms with van der Waals surface area (Å²) in [5.74, 6) is -2.56. The zero-order valence-electron chi connectivity index (χ0n) is 9.34. The van der Waals surface area contributed by atoms with E-state index in [0.717, 1.165) is 12.3 Å². The highest BCUT2D eigenvalue weighted by molar-refractivity contribution is 5.94. The van der Waals surface area contributed by atoms with E-state index in [0.29, 0.717) is 6.42 Å². The van der Waals surface area contributed by atoms with Crippen LogP contribution >= 0.6 is 0 Å². The SMILES string of the molecule is O=C(NC1C=CC(C(=O)O)C1)c1cncc(F)c1. The average Bonchev–Trinajstić information content (AvgIpc) is 2.77. The van der Waals surface area contributed by atoms with Crippen LogP contribution in [0.1, 0.15) is 16.8 Å². The fourth-order valence-corrected chi connectivity index (χ4v) is 1.78. The lowest BCUT2D eigenvalue weighted by Gasteiger charge is -2.11. The Hall–Kier alpha value is -2.24. The molecule has 0 bridgehead atoms. The van der Waals surface area contributed by atoms with Crippen molar-refractivity contribution in [2.45, 2.75) is 12.5 Å². The Kier molecular flexibility index (Phi) is 3.36. The summed E-state index contributed by atoms with van der Waals surface area (Å²) in [6.07, 6.45) is 5.74. The number of hydrogen-bond donors (Lipinski definition) is 2. The Morgan fingerprint density at radius 2 is 2.17 bits per heavy atom. The highest BCUT2D eigenvalue weighted by atomic mass is 19.1. The Morgan fingerprint density at radius 1 is 1.39 bits per heavy atom. The largest absolute Gasteiger partial charge is 0.481 e. The van der Waals surface area contributed by atoms with Gasteiger partial charge in [-0.3, -0.25) is 14.6 Å². The molecule has 6 heteroatoms. The number of carbonyl (C=O) groups excluding carboxylic acids is 1. The van der Waals surface area contributed by atoms with Crippen LogP contribution in [0.5, 0.6) is 0 Å². The molecule has 1 amide bonds. The molecule has 0 spiro atoms. The van der Waals surface area contributed by atoms with Crippen LogP contribution in [0.15, 0.2) is 30.6 Å². The van der Waals surface area contributed by atoms with E-state index in [4.69, 9.17) is 5.11 Å². The number of nitrogens with one attached hydrogen (secondary N) is 1. The van der Waals surface area contributed by atoms with Gasteiger partial charge in [0.05, 0.1) is 17.7 Å². The Labute approximate surface area is 102 Å². The number of aromatic nitrogens is 1. The number of carboxylic acid groups (broad SMARTS) is 1. The Morgan fingerprint density at radius 3 is 2.78 bits per heavy atom. The number of hydrogen-bond acceptors (Lipinski definition) is 3. The summed E-state index contributed by atoms with van der Waals surface area (Å²) >= 11 is 0. The van der Waals surface area contributed by atoms with Gasteiger partial charge in [0.15, 0.2) is 0 Å². The summed E-state index contributed by atoms with van der Waals surface area (Å²) in [7, 11) is 0. The maximum absolute atomic E-state index is 12.9. The van der Waals surface area contributed by atoms with Gasteiger partial charge in [0.25, 0.3) is 5.91 Å². The van der Waals surface area contributed by atoms with E-state index in [2.05, 4.69) is 10.3 Å². The van der Waals surface area contributed by atoms with Crippen molar-refractivity contribution in [2.24, 2.45) is 5.92 Å². The normalized spacial score (nSPS) is 21.8. The molecule has 1 aromatic rings. The van der Waals surface area contributed by atoms with E-state index in [1.54, 1.807) is 6.08 Å². The smallest absolute Gasteiger partial charge is 0.310 e. The van der Waals surface area contributed by atoms with Gasteiger partial charge in [-0.15, -0.1) is 0 Å². The molecule has 1 aliphatic carbocycles. The summed E-state index contributed by atoms with van der Waals surface area (Å²) < 4.78 is 12.9. The van der Waals surface area contributed by atoms with Crippen LogP contribution < -0.4 is 5.32 Å². The van der Waals surface area contributed by atoms with Gasteiger partial charge in [0.2, 0.25) is 0 Å². The summed E-state index contributed by atoms with van der Waals surface area (Å²) in [6, 6.07) is 0.734. The third-order valence-electron chi connectivity index (χ3n) is 2.68. The molecular formula is C12H11FN2O3. The molecule has 1 aliphatic rings. The van der Waals surface area contributed by atoms with Gasteiger partial charge >= 0.3 is 5.97 Å². The van der Waals surface area contributed by atoms with E-state index in [1.165, 1.54) is 12.3 Å². The molecule has 0 fully saturated rings. The van der Waals surface area contributed by atoms with Crippen molar-refractivity contribution in [1.29, 1.82) is 0 Å². The Bertz CT molecular complexity index is 516. The second-order valence-corrected chi connectivity index (χ2v) is 4.04. The lowest BCUT2D eigenvalue weighted by atomic mass is 10.1. The highest BCUT2D eigenvalue weighted by Crippen LogP contribution is 2.18. The minimum Gasteiger partial charge on any atom is -0.481 e. The fraction of sp³-hybridized carbons (Fsp3) is 0.250. The van der Waals surface area contributed by atoms with Crippen LogP contribution in [0.2, 0.25) is 0 Å². The predicted octanol–water partition coefficient (Wildman–Crippen LogP) is 0.980. The van der Waals surface area contributed by atoms with Crippen molar-refractivity contribution in [3.05, 3.63) is 42.0 Å². The molecule has 2 rings (SSSR count). The zero-order chi connectivity index (χ0) is 13.1. The monoisotopic (exact) mass is 250 g/mol. The number of aliphatic carboxylic acids is 1. The second-order valence-electron chi connectivity index (χ2n) is 4.04. The molecule has 1 aromatic heterocycles. The molecule has 94 valence electrons. The standard InChI is InChI=1S/C12H11FN2O3/c13-9-3-8(5-14-6-9)11(16)15-10-2-1-7(4-10)12(17)18/h1-3,5-7,10H,4H2,(H,15,16)(H,17,18). The van der Waals surface area contributed by atoms with Crippen LogP contribution in [-0.4, -0.2) is 28.0 Å². The summed E-state index contributed by atoms with van der Waals surface area (Å²) in [5.41, 5.74) is 0.113. The minimum atomic E-state index is -0.921. The van der Waals surface area contributed by atoms with E-state index in [9.17, 15) is 14.0 Å². The van der Waals surface area contributed by atoms with E-state index in [-0.39, 0.29) is 11.6 Å². The maximum atomic E-state index is 12.9. The van der Waals surface area contributed by atoms with Crippen LogP contribution in [-0.2, 0) is 4.79 Å². The average molecular weight is 250 g/mol. The number of carbonyl (C=O) groups is 2. The second kappa shape index (κ2) is 4.95. The van der Waals surface area contributed by atoms with Gasteiger partial charge < -0.3 is 10.4 Å². The summed E-state index contributed by atoms with van der Waals surface area (Å²) in [4.78, 5) is 26.0. The fourth-order valence-electron chi connectivity index (χ4n) is 1.78. The molecule has 2 atom stereocenters. The van der Waals surface area contributed by atoms with Crippen molar-refractivity contribution in [3.8, 4) is 0 Å². The van der Waals surface area contributed by atoms with E-state index >= 15 is 0 Å². The first-order valence-corrected chi connectivity index (χ1v) is 5.39. The first-order valence-electron chi connectivity index (χ1n) is 5.39. The number of nitrogens with zero attached hydrogens (tertiary/aromatic N) is 1. The maximum Gasteiger partial charge on any atom is 0.310 e. The molecule has 1 heterocycles. The van der Waals surface area contributed by atoms with Crippen LogP contribution in [0.3, 0.4) is 0 Å².